The van der Waals surface area contributed by atoms with E-state index in [2.05, 4.69) is 20.9 Å². The fourth-order valence-electron chi connectivity index (χ4n) is 2.81. The number of rotatable bonds is 3. The van der Waals surface area contributed by atoms with Crippen LogP contribution < -0.4 is 5.56 Å². The topological polar surface area (TPSA) is 73.8 Å². The average Bonchev–Trinajstić information content (AvgIpc) is 2.99. The Hall–Kier alpha value is -2.64. The maximum absolute atomic E-state index is 12.4. The third-order valence-corrected chi connectivity index (χ3v) is 4.90. The molecule has 1 aromatic carbocycles. The number of aryl methyl sites for hydroxylation is 1. The summed E-state index contributed by atoms with van der Waals surface area (Å²) in [6, 6.07) is 10.1. The van der Waals surface area contributed by atoms with Crippen molar-refractivity contribution in [2.24, 2.45) is 0 Å². The minimum Gasteiger partial charge on any atom is -0.453 e. The molecule has 0 saturated heterocycles. The molecule has 0 atom stereocenters. The van der Waals surface area contributed by atoms with Gasteiger partial charge in [0, 0.05) is 27.7 Å². The highest BCUT2D eigenvalue weighted by atomic mass is 79.9. The van der Waals surface area contributed by atoms with E-state index < -0.39 is 5.97 Å². The molecule has 0 amide bonds. The third-order valence-electron chi connectivity index (χ3n) is 4.13. The number of ether oxygens (including phenoxy) is 1. The summed E-state index contributed by atoms with van der Waals surface area (Å²) >= 11 is 9.42. The number of hydrogen-bond acceptors (Lipinski definition) is 5. The summed E-state index contributed by atoms with van der Waals surface area (Å²) in [5.74, 6) is -0.558. The van der Waals surface area contributed by atoms with Crippen LogP contribution in [0.3, 0.4) is 0 Å². The average molecular weight is 448 g/mol. The SMILES string of the molecule is Cc1c(C(=O)OCc2cc(=O)n3cc(Br)ccc3n2)oc2c(Cl)cccc12. The Kier molecular flexibility index (Phi) is 4.49. The number of para-hydroxylation sites is 1. The van der Waals surface area contributed by atoms with E-state index in [1.807, 2.05) is 6.07 Å². The van der Waals surface area contributed by atoms with E-state index >= 15 is 0 Å². The predicted octanol–water partition coefficient (Wildman–Crippen LogP) is 4.52. The number of aromatic nitrogens is 2. The number of benzene rings is 1. The molecule has 0 N–H and O–H groups in total. The summed E-state index contributed by atoms with van der Waals surface area (Å²) in [6.07, 6.45) is 1.63. The Morgan fingerprint density at radius 2 is 2.15 bits per heavy atom. The van der Waals surface area contributed by atoms with Crippen LogP contribution in [0.4, 0.5) is 0 Å². The smallest absolute Gasteiger partial charge is 0.374 e. The molecule has 4 aromatic rings. The predicted molar refractivity (Wildman–Crippen MR) is 104 cm³/mol. The first kappa shape index (κ1) is 17.8. The Morgan fingerprint density at radius 1 is 1.33 bits per heavy atom. The van der Waals surface area contributed by atoms with Gasteiger partial charge in [-0.1, -0.05) is 23.7 Å². The second kappa shape index (κ2) is 6.83. The Bertz CT molecular complexity index is 1260. The molecule has 0 aliphatic carbocycles. The summed E-state index contributed by atoms with van der Waals surface area (Å²) < 4.78 is 13.1. The molecule has 0 fully saturated rings. The van der Waals surface area contributed by atoms with Gasteiger partial charge in [-0.15, -0.1) is 0 Å². The summed E-state index contributed by atoms with van der Waals surface area (Å²) in [7, 11) is 0. The number of halogens is 2. The Morgan fingerprint density at radius 3 is 2.93 bits per heavy atom. The zero-order chi connectivity index (χ0) is 19.1. The highest BCUT2D eigenvalue weighted by molar-refractivity contribution is 9.10. The van der Waals surface area contributed by atoms with E-state index in [1.54, 1.807) is 37.4 Å². The van der Waals surface area contributed by atoms with Crippen LogP contribution in [0.5, 0.6) is 0 Å². The van der Waals surface area contributed by atoms with E-state index in [9.17, 15) is 9.59 Å². The number of carbonyl (C=O) groups is 1. The largest absolute Gasteiger partial charge is 0.453 e. The maximum Gasteiger partial charge on any atom is 0.374 e. The number of pyridine rings is 1. The fraction of sp³-hybridized carbons (Fsp3) is 0.105. The zero-order valence-electron chi connectivity index (χ0n) is 14.0. The number of furan rings is 1. The standard InChI is InChI=1S/C19H12BrClN2O4/c1-10-13-3-2-4-14(21)18(13)27-17(10)19(25)26-9-12-7-16(24)23-8-11(20)5-6-15(23)22-12/h2-8H,9H2,1H3. The molecule has 136 valence electrons. The normalized spacial score (nSPS) is 11.2. The summed E-state index contributed by atoms with van der Waals surface area (Å²) in [4.78, 5) is 29.0. The van der Waals surface area contributed by atoms with Crippen LogP contribution in [0, 0.1) is 6.92 Å². The van der Waals surface area contributed by atoms with Crippen LogP contribution in [0.15, 0.2) is 56.3 Å². The van der Waals surface area contributed by atoms with Crippen molar-refractivity contribution in [2.45, 2.75) is 13.5 Å². The minimum absolute atomic E-state index is 0.0829. The van der Waals surface area contributed by atoms with Crippen LogP contribution in [0.25, 0.3) is 16.6 Å². The quantitative estimate of drug-likeness (QED) is 0.432. The lowest BCUT2D eigenvalue weighted by molar-refractivity contribution is 0.0432. The van der Waals surface area contributed by atoms with Crippen LogP contribution in [0.2, 0.25) is 5.02 Å². The van der Waals surface area contributed by atoms with Crippen molar-refractivity contribution >= 4 is 50.1 Å². The van der Waals surface area contributed by atoms with Gasteiger partial charge in [-0.3, -0.25) is 9.20 Å². The molecular formula is C19H12BrClN2O4. The zero-order valence-corrected chi connectivity index (χ0v) is 16.4. The van der Waals surface area contributed by atoms with E-state index in [0.717, 1.165) is 9.86 Å². The van der Waals surface area contributed by atoms with Gasteiger partial charge in [0.05, 0.1) is 10.7 Å². The maximum atomic E-state index is 12.4. The second-order valence-electron chi connectivity index (χ2n) is 5.91. The van der Waals surface area contributed by atoms with Crippen molar-refractivity contribution in [2.75, 3.05) is 0 Å². The van der Waals surface area contributed by atoms with Crippen molar-refractivity contribution in [3.63, 3.8) is 0 Å². The van der Waals surface area contributed by atoms with Crippen molar-refractivity contribution < 1.29 is 13.9 Å². The molecule has 0 aliphatic heterocycles. The van der Waals surface area contributed by atoms with Gasteiger partial charge in [0.2, 0.25) is 5.76 Å². The van der Waals surface area contributed by atoms with Gasteiger partial charge >= 0.3 is 5.97 Å². The molecule has 0 bridgehead atoms. The summed E-state index contributed by atoms with van der Waals surface area (Å²) in [5, 5.41) is 1.17. The molecule has 0 saturated carbocycles. The molecule has 27 heavy (non-hydrogen) atoms. The molecule has 0 aliphatic rings. The first-order chi connectivity index (χ1) is 12.9. The highest BCUT2D eigenvalue weighted by Crippen LogP contribution is 2.31. The first-order valence-corrected chi connectivity index (χ1v) is 9.14. The van der Waals surface area contributed by atoms with Gasteiger partial charge in [0.25, 0.3) is 5.56 Å². The highest BCUT2D eigenvalue weighted by Gasteiger charge is 2.20. The van der Waals surface area contributed by atoms with E-state index in [1.165, 1.54) is 10.5 Å². The molecule has 0 spiro atoms. The number of hydrogen-bond donors (Lipinski definition) is 0. The molecular weight excluding hydrogens is 436 g/mol. The van der Waals surface area contributed by atoms with E-state index in [4.69, 9.17) is 20.8 Å². The third kappa shape index (κ3) is 3.24. The Balaban J connectivity index is 1.60. The van der Waals surface area contributed by atoms with Gasteiger partial charge < -0.3 is 9.15 Å². The van der Waals surface area contributed by atoms with E-state index in [-0.39, 0.29) is 17.9 Å². The number of esters is 1. The molecule has 8 heteroatoms. The van der Waals surface area contributed by atoms with Gasteiger partial charge in [0.15, 0.2) is 5.58 Å². The number of carbonyl (C=O) groups excluding carboxylic acids is 1. The van der Waals surface area contributed by atoms with Crippen molar-refractivity contribution in [3.8, 4) is 0 Å². The lowest BCUT2D eigenvalue weighted by atomic mass is 10.1. The lowest BCUT2D eigenvalue weighted by Gasteiger charge is -2.05. The first-order valence-electron chi connectivity index (χ1n) is 7.96. The van der Waals surface area contributed by atoms with Crippen LogP contribution in [-0.4, -0.2) is 15.4 Å². The molecule has 6 nitrogen and oxygen atoms in total. The molecule has 0 unspecified atom stereocenters. The van der Waals surface area contributed by atoms with Crippen molar-refractivity contribution in [3.05, 3.63) is 79.5 Å². The second-order valence-corrected chi connectivity index (χ2v) is 7.23. The lowest BCUT2D eigenvalue weighted by Crippen LogP contribution is -2.16. The number of fused-ring (bicyclic) bond motifs is 2. The molecule has 4 rings (SSSR count). The van der Waals surface area contributed by atoms with Crippen molar-refractivity contribution in [1.29, 1.82) is 0 Å². The minimum atomic E-state index is -0.641. The van der Waals surface area contributed by atoms with Gasteiger partial charge in [-0.25, -0.2) is 9.78 Å². The molecule has 3 aromatic heterocycles. The molecule has 0 radical (unpaired) electrons. The molecule has 3 heterocycles. The van der Waals surface area contributed by atoms with Gasteiger partial charge in [0.1, 0.15) is 12.3 Å². The van der Waals surface area contributed by atoms with Crippen LogP contribution in [0.1, 0.15) is 21.8 Å². The fourth-order valence-corrected chi connectivity index (χ4v) is 3.36. The van der Waals surface area contributed by atoms with Crippen LogP contribution in [-0.2, 0) is 11.3 Å². The van der Waals surface area contributed by atoms with E-state index in [0.29, 0.717) is 27.5 Å². The summed E-state index contributed by atoms with van der Waals surface area (Å²) in [6.45, 7) is 1.61. The number of nitrogens with zero attached hydrogens (tertiary/aromatic N) is 2. The monoisotopic (exact) mass is 446 g/mol. The van der Waals surface area contributed by atoms with Gasteiger partial charge in [-0.05, 0) is 41.1 Å². The Labute approximate surface area is 166 Å². The van der Waals surface area contributed by atoms with Crippen LogP contribution >= 0.6 is 27.5 Å². The van der Waals surface area contributed by atoms with Crippen molar-refractivity contribution in [1.82, 2.24) is 9.38 Å². The van der Waals surface area contributed by atoms with Gasteiger partial charge in [-0.2, -0.15) is 0 Å². The summed E-state index contributed by atoms with van der Waals surface area (Å²) in [5.41, 5.74) is 1.63.